The summed E-state index contributed by atoms with van der Waals surface area (Å²) in [6.07, 6.45) is 10.4. The van der Waals surface area contributed by atoms with Crippen LogP contribution in [0.2, 0.25) is 0 Å². The van der Waals surface area contributed by atoms with Crippen molar-refractivity contribution in [2.24, 2.45) is 5.92 Å². The molecule has 0 radical (unpaired) electrons. The summed E-state index contributed by atoms with van der Waals surface area (Å²) >= 11 is 0. The van der Waals surface area contributed by atoms with Gasteiger partial charge in [-0.15, -0.1) is 0 Å². The van der Waals surface area contributed by atoms with Crippen LogP contribution in [0.5, 0.6) is 5.75 Å². The number of aromatic nitrogens is 4. The number of imide groups is 2. The van der Waals surface area contributed by atoms with Crippen molar-refractivity contribution >= 4 is 52.2 Å². The first-order valence-electron chi connectivity index (χ1n) is 22.5. The van der Waals surface area contributed by atoms with Gasteiger partial charge in [0.25, 0.3) is 23.6 Å². The van der Waals surface area contributed by atoms with E-state index in [0.29, 0.717) is 86.5 Å². The molecule has 0 bridgehead atoms. The summed E-state index contributed by atoms with van der Waals surface area (Å²) < 4.78 is 29.8. The zero-order chi connectivity index (χ0) is 46.7. The van der Waals surface area contributed by atoms with Gasteiger partial charge in [-0.3, -0.25) is 39.0 Å². The van der Waals surface area contributed by atoms with Gasteiger partial charge in [0, 0.05) is 55.5 Å². The molecule has 2 aliphatic heterocycles. The molecule has 4 aromatic rings. The Balaban J connectivity index is 0.633. The number of benzene rings is 1. The Morgan fingerprint density at radius 1 is 0.821 bits per heavy atom. The first-order chi connectivity index (χ1) is 32.7. The fourth-order valence-electron chi connectivity index (χ4n) is 8.17. The van der Waals surface area contributed by atoms with E-state index in [2.05, 4.69) is 42.4 Å². The SMILES string of the molecule is N#Cc1cnc2c(cnn2-c2cc(NC3CC3)c(C(=O)N[C@H]3CC[C@H](COCCOCCOCCOCCNC(=O)COc4cccc5c4C(=O)N(C4CCC(=O)NC4=O)C5=O)CC3)cn2)c1. The maximum atomic E-state index is 13.5. The number of anilines is 1. The Bertz CT molecular complexity index is 2530. The van der Waals surface area contributed by atoms with E-state index < -0.39 is 42.2 Å². The lowest BCUT2D eigenvalue weighted by Gasteiger charge is -2.29. The van der Waals surface area contributed by atoms with Crippen molar-refractivity contribution in [3.8, 4) is 17.6 Å². The van der Waals surface area contributed by atoms with E-state index in [9.17, 15) is 34.0 Å². The van der Waals surface area contributed by atoms with Crippen LogP contribution in [0.25, 0.3) is 16.9 Å². The lowest BCUT2D eigenvalue weighted by molar-refractivity contribution is -0.136. The van der Waals surface area contributed by atoms with Gasteiger partial charge in [-0.1, -0.05) is 6.07 Å². The first-order valence-corrected chi connectivity index (χ1v) is 22.5. The van der Waals surface area contributed by atoms with Crippen LogP contribution in [0.15, 0.2) is 48.9 Å². The van der Waals surface area contributed by atoms with Crippen LogP contribution >= 0.6 is 0 Å². The number of hydrogen-bond acceptors (Lipinski definition) is 16. The van der Waals surface area contributed by atoms with Crippen molar-refractivity contribution in [2.75, 3.05) is 71.3 Å². The summed E-state index contributed by atoms with van der Waals surface area (Å²) in [6.45, 7) is 3.02. The summed E-state index contributed by atoms with van der Waals surface area (Å²) in [6, 6.07) is 9.35. The zero-order valence-electron chi connectivity index (χ0n) is 36.8. The number of fused-ring (bicyclic) bond motifs is 2. The van der Waals surface area contributed by atoms with Crippen molar-refractivity contribution in [1.29, 1.82) is 5.26 Å². The van der Waals surface area contributed by atoms with Crippen molar-refractivity contribution < 1.29 is 52.5 Å². The smallest absolute Gasteiger partial charge is 0.266 e. The van der Waals surface area contributed by atoms with E-state index in [-0.39, 0.29) is 54.8 Å². The topological polar surface area (TPSA) is 267 Å². The summed E-state index contributed by atoms with van der Waals surface area (Å²) in [5, 5.41) is 25.9. The number of piperidine rings is 1. The highest BCUT2D eigenvalue weighted by Crippen LogP contribution is 2.34. The fraction of sp³-hybridized carbons (Fsp3) is 0.478. The lowest BCUT2D eigenvalue weighted by atomic mass is 9.86. The van der Waals surface area contributed by atoms with E-state index in [1.807, 2.05) is 6.07 Å². The number of nitriles is 1. The predicted octanol–water partition coefficient (Wildman–Crippen LogP) is 2.21. The van der Waals surface area contributed by atoms with Gasteiger partial charge in [-0.05, 0) is 69.1 Å². The minimum absolute atomic E-state index is 0.00547. The Hall–Kier alpha value is -6.86. The molecule has 8 rings (SSSR count). The molecule has 4 aliphatic rings. The van der Waals surface area contributed by atoms with E-state index >= 15 is 0 Å². The molecule has 1 unspecified atom stereocenters. The molecule has 5 heterocycles. The summed E-state index contributed by atoms with van der Waals surface area (Å²) in [5.41, 5.74) is 2.24. The second kappa shape index (κ2) is 22.1. The molecule has 2 aliphatic carbocycles. The van der Waals surface area contributed by atoms with Crippen LogP contribution in [0, 0.1) is 17.2 Å². The molecule has 1 atom stereocenters. The summed E-state index contributed by atoms with van der Waals surface area (Å²) in [5.74, 6) is -2.21. The molecule has 6 amide bonds. The number of carbonyl (C=O) groups is 6. The second-order valence-corrected chi connectivity index (χ2v) is 16.7. The highest BCUT2D eigenvalue weighted by Gasteiger charge is 2.46. The molecular weight excluding hydrogens is 869 g/mol. The molecule has 3 aromatic heterocycles. The van der Waals surface area contributed by atoms with Gasteiger partial charge < -0.3 is 39.6 Å². The Morgan fingerprint density at radius 2 is 1.55 bits per heavy atom. The first kappa shape index (κ1) is 46.7. The highest BCUT2D eigenvalue weighted by molar-refractivity contribution is 6.24. The van der Waals surface area contributed by atoms with Crippen LogP contribution in [0.4, 0.5) is 5.69 Å². The van der Waals surface area contributed by atoms with Crippen molar-refractivity contribution in [3.05, 3.63) is 71.2 Å². The van der Waals surface area contributed by atoms with Gasteiger partial charge in [-0.25, -0.2) is 9.97 Å². The van der Waals surface area contributed by atoms with Crippen molar-refractivity contribution in [1.82, 2.24) is 40.6 Å². The summed E-state index contributed by atoms with van der Waals surface area (Å²) in [4.78, 5) is 85.8. The van der Waals surface area contributed by atoms with Crippen molar-refractivity contribution in [3.63, 3.8) is 0 Å². The Labute approximate surface area is 385 Å². The third-order valence-electron chi connectivity index (χ3n) is 11.8. The largest absolute Gasteiger partial charge is 0.483 e. The standard InChI is InChI=1S/C46H52N10O11/c47-22-29-20-30-24-51-56(42(30)50-23-29)38-21-35(52-31-8-9-31)34(25-49-38)43(59)53-32-6-4-28(5-7-32)26-66-19-18-65-17-16-64-15-14-63-13-12-48-40(58)27-67-37-3-1-2-33-41(37)46(62)55(45(33)61)36-10-11-39(57)54-44(36)60/h1-3,20-21,23-25,28,31-32,36H,4-19,26-27H2,(H,48,58)(H,49,52)(H,53,59)(H,54,57,60)/t28-,32-,36?. The molecule has 0 spiro atoms. The molecular formula is C46H52N10O11. The molecule has 4 N–H and O–H groups in total. The number of nitrogens with one attached hydrogen (secondary N) is 4. The molecule has 2 saturated carbocycles. The third kappa shape index (κ3) is 11.8. The monoisotopic (exact) mass is 920 g/mol. The highest BCUT2D eigenvalue weighted by atomic mass is 16.6. The zero-order valence-corrected chi connectivity index (χ0v) is 36.8. The van der Waals surface area contributed by atoms with Crippen LogP contribution in [0.3, 0.4) is 0 Å². The average molecular weight is 921 g/mol. The number of pyridine rings is 2. The van der Waals surface area contributed by atoms with Crippen molar-refractivity contribution in [2.45, 2.75) is 69.5 Å². The van der Waals surface area contributed by atoms with E-state index in [0.717, 1.165) is 48.8 Å². The van der Waals surface area contributed by atoms with E-state index in [4.69, 9.17) is 23.7 Å². The fourth-order valence-corrected chi connectivity index (χ4v) is 8.17. The molecule has 3 fully saturated rings. The van der Waals surface area contributed by atoms with Gasteiger partial charge in [0.15, 0.2) is 18.1 Å². The van der Waals surface area contributed by atoms with Gasteiger partial charge >= 0.3 is 0 Å². The Morgan fingerprint density at radius 3 is 2.28 bits per heavy atom. The van der Waals surface area contributed by atoms with Crippen LogP contribution in [-0.2, 0) is 33.3 Å². The minimum Gasteiger partial charge on any atom is -0.483 e. The number of rotatable bonds is 23. The van der Waals surface area contributed by atoms with Crippen LogP contribution in [-0.4, -0.2) is 144 Å². The molecule has 1 saturated heterocycles. The predicted molar refractivity (Wildman–Crippen MR) is 236 cm³/mol. The third-order valence-corrected chi connectivity index (χ3v) is 11.8. The maximum absolute atomic E-state index is 13.5. The number of hydrogen-bond donors (Lipinski definition) is 4. The van der Waals surface area contributed by atoms with Crippen LogP contribution in [0.1, 0.15) is 88.0 Å². The molecule has 67 heavy (non-hydrogen) atoms. The van der Waals surface area contributed by atoms with E-state index in [1.165, 1.54) is 24.4 Å². The van der Waals surface area contributed by atoms with Gasteiger partial charge in [-0.2, -0.15) is 15.0 Å². The number of amides is 6. The minimum atomic E-state index is -1.11. The number of ether oxygens (including phenoxy) is 5. The lowest BCUT2D eigenvalue weighted by Crippen LogP contribution is -2.54. The number of nitrogens with zero attached hydrogens (tertiary/aromatic N) is 6. The number of carbonyl (C=O) groups excluding carboxylic acids is 6. The summed E-state index contributed by atoms with van der Waals surface area (Å²) in [7, 11) is 0. The molecule has 21 nitrogen and oxygen atoms in total. The van der Waals surface area contributed by atoms with Gasteiger partial charge in [0.1, 0.15) is 17.9 Å². The second-order valence-electron chi connectivity index (χ2n) is 16.7. The Kier molecular flexibility index (Phi) is 15.4. The van der Waals surface area contributed by atoms with Crippen LogP contribution < -0.4 is 26.0 Å². The van der Waals surface area contributed by atoms with Gasteiger partial charge in [0.2, 0.25) is 11.8 Å². The molecule has 352 valence electrons. The van der Waals surface area contributed by atoms with E-state index in [1.54, 1.807) is 23.1 Å². The average Bonchev–Trinajstić information content (AvgIpc) is 3.99. The molecule has 1 aromatic carbocycles. The van der Waals surface area contributed by atoms with Gasteiger partial charge in [0.05, 0.1) is 80.4 Å². The molecule has 21 heteroatoms. The maximum Gasteiger partial charge on any atom is 0.266 e. The normalized spacial score (nSPS) is 19.2. The quantitative estimate of drug-likeness (QED) is 0.0614.